The van der Waals surface area contributed by atoms with Crippen LogP contribution in [-0.4, -0.2) is 22.1 Å². The molecule has 1 aliphatic carbocycles. The number of rotatable bonds is 4. The highest BCUT2D eigenvalue weighted by Crippen LogP contribution is 2.24. The number of carbonyl (C=O) groups excluding carboxylic acids is 1. The van der Waals surface area contributed by atoms with Crippen LogP contribution < -0.4 is 5.32 Å². The lowest BCUT2D eigenvalue weighted by atomic mass is 10.0. The quantitative estimate of drug-likeness (QED) is 0.833. The van der Waals surface area contributed by atoms with Gasteiger partial charge >= 0.3 is 5.97 Å². The Kier molecular flexibility index (Phi) is 4.88. The summed E-state index contributed by atoms with van der Waals surface area (Å²) in [4.78, 5) is 24.3. The van der Waals surface area contributed by atoms with Crippen molar-refractivity contribution in [3.05, 3.63) is 51.9 Å². The third-order valence-corrected chi connectivity index (χ3v) is 4.80. The van der Waals surface area contributed by atoms with Crippen LogP contribution in [0.3, 0.4) is 0 Å². The van der Waals surface area contributed by atoms with Gasteiger partial charge in [-0.25, -0.2) is 4.79 Å². The van der Waals surface area contributed by atoms with Crippen molar-refractivity contribution in [2.75, 3.05) is 0 Å². The Morgan fingerprint density at radius 1 is 1.16 bits per heavy atom. The Morgan fingerprint density at radius 2 is 1.92 bits per heavy atom. The van der Waals surface area contributed by atoms with Gasteiger partial charge in [0, 0.05) is 12.0 Å². The number of carboxylic acids is 1. The molecule has 6 nitrogen and oxygen atoms in total. The van der Waals surface area contributed by atoms with E-state index in [0.717, 1.165) is 54.6 Å². The zero-order valence-electron chi connectivity index (χ0n) is 14.5. The largest absolute Gasteiger partial charge is 0.479 e. The van der Waals surface area contributed by atoms with E-state index < -0.39 is 17.9 Å². The molecule has 0 saturated carbocycles. The van der Waals surface area contributed by atoms with Crippen LogP contribution in [0.4, 0.5) is 0 Å². The molecule has 0 saturated heterocycles. The normalized spacial score (nSPS) is 15.1. The van der Waals surface area contributed by atoms with E-state index in [2.05, 4.69) is 10.5 Å². The maximum absolute atomic E-state index is 12.6. The average molecular weight is 342 g/mol. The van der Waals surface area contributed by atoms with Gasteiger partial charge in [-0.3, -0.25) is 4.79 Å². The molecule has 1 amide bonds. The van der Waals surface area contributed by atoms with E-state index in [1.165, 1.54) is 0 Å². The topological polar surface area (TPSA) is 92.4 Å². The predicted octanol–water partition coefficient (Wildman–Crippen LogP) is 3.12. The average Bonchev–Trinajstić information content (AvgIpc) is 2.83. The molecular formula is C19H22N2O4. The fraction of sp³-hybridized carbons (Fsp3) is 0.421. The number of fused-ring (bicyclic) bond motifs is 1. The molecule has 3 rings (SSSR count). The van der Waals surface area contributed by atoms with E-state index in [-0.39, 0.29) is 5.69 Å². The van der Waals surface area contributed by atoms with Gasteiger partial charge in [-0.1, -0.05) is 29.8 Å². The van der Waals surface area contributed by atoms with Crippen molar-refractivity contribution in [2.24, 2.45) is 0 Å². The van der Waals surface area contributed by atoms with E-state index >= 15 is 0 Å². The lowest BCUT2D eigenvalue weighted by Gasteiger charge is -2.16. The van der Waals surface area contributed by atoms with E-state index in [4.69, 9.17) is 4.52 Å². The monoisotopic (exact) mass is 342 g/mol. The summed E-state index contributed by atoms with van der Waals surface area (Å²) in [7, 11) is 0. The number of amides is 1. The van der Waals surface area contributed by atoms with E-state index in [1.807, 2.05) is 19.9 Å². The number of aryl methyl sites for hydroxylation is 3. The number of carboxylic acid groups (broad SMARTS) is 1. The minimum absolute atomic E-state index is 0.215. The number of aromatic nitrogens is 1. The van der Waals surface area contributed by atoms with Gasteiger partial charge in [0.25, 0.3) is 5.91 Å². The van der Waals surface area contributed by atoms with Gasteiger partial charge in [0.2, 0.25) is 0 Å². The molecule has 1 unspecified atom stereocenters. The highest BCUT2D eigenvalue weighted by atomic mass is 16.5. The molecule has 1 heterocycles. The van der Waals surface area contributed by atoms with Crippen LogP contribution in [0.15, 0.2) is 22.7 Å². The first-order valence-corrected chi connectivity index (χ1v) is 8.55. The van der Waals surface area contributed by atoms with Gasteiger partial charge < -0.3 is 14.9 Å². The molecule has 0 radical (unpaired) electrons. The van der Waals surface area contributed by atoms with Crippen molar-refractivity contribution >= 4 is 11.9 Å². The molecule has 132 valence electrons. The van der Waals surface area contributed by atoms with E-state index in [1.54, 1.807) is 12.1 Å². The minimum atomic E-state index is -1.12. The lowest BCUT2D eigenvalue weighted by molar-refractivity contribution is -0.139. The Balaban J connectivity index is 1.85. The standard InChI is InChI=1S/C19H22N2O4/c1-11-8-9-13(10-12(11)2)16(19(23)24)20-18(22)17-14-6-4-3-5-7-15(14)25-21-17/h8-10,16H,3-7H2,1-2H3,(H,20,22)(H,23,24). The van der Waals surface area contributed by atoms with Crippen LogP contribution in [0.2, 0.25) is 0 Å². The number of nitrogens with one attached hydrogen (secondary N) is 1. The molecule has 1 atom stereocenters. The number of hydrogen-bond acceptors (Lipinski definition) is 4. The Hall–Kier alpha value is -2.63. The molecular weight excluding hydrogens is 320 g/mol. The van der Waals surface area contributed by atoms with Crippen molar-refractivity contribution in [3.8, 4) is 0 Å². The fourth-order valence-electron chi connectivity index (χ4n) is 3.17. The summed E-state index contributed by atoms with van der Waals surface area (Å²) in [6, 6.07) is 4.25. The molecule has 2 N–H and O–H groups in total. The van der Waals surface area contributed by atoms with Crippen molar-refractivity contribution in [1.29, 1.82) is 0 Å². The smallest absolute Gasteiger partial charge is 0.330 e. The summed E-state index contributed by atoms with van der Waals surface area (Å²) in [6.07, 6.45) is 4.60. The lowest BCUT2D eigenvalue weighted by Crippen LogP contribution is -2.34. The second kappa shape index (κ2) is 7.09. The fourth-order valence-corrected chi connectivity index (χ4v) is 3.17. The van der Waals surface area contributed by atoms with Crippen LogP contribution in [0.25, 0.3) is 0 Å². The molecule has 0 bridgehead atoms. The number of carbonyl (C=O) groups is 2. The third kappa shape index (κ3) is 3.57. The van der Waals surface area contributed by atoms with Crippen LogP contribution in [-0.2, 0) is 17.6 Å². The molecule has 0 aliphatic heterocycles. The van der Waals surface area contributed by atoms with Gasteiger partial charge in [0.15, 0.2) is 11.7 Å². The molecule has 0 spiro atoms. The number of nitrogens with zero attached hydrogens (tertiary/aromatic N) is 1. The van der Waals surface area contributed by atoms with E-state index in [9.17, 15) is 14.7 Å². The molecule has 25 heavy (non-hydrogen) atoms. The van der Waals surface area contributed by atoms with Crippen LogP contribution >= 0.6 is 0 Å². The zero-order valence-corrected chi connectivity index (χ0v) is 14.5. The first-order chi connectivity index (χ1) is 12.0. The third-order valence-electron chi connectivity index (χ3n) is 4.80. The van der Waals surface area contributed by atoms with Crippen molar-refractivity contribution in [2.45, 2.75) is 52.0 Å². The molecule has 2 aromatic rings. The maximum Gasteiger partial charge on any atom is 0.330 e. The van der Waals surface area contributed by atoms with Crippen molar-refractivity contribution in [3.63, 3.8) is 0 Å². The van der Waals surface area contributed by atoms with Crippen LogP contribution in [0.5, 0.6) is 0 Å². The highest BCUT2D eigenvalue weighted by molar-refractivity contribution is 5.96. The first-order valence-electron chi connectivity index (χ1n) is 8.55. The molecule has 1 aliphatic rings. The second-order valence-corrected chi connectivity index (χ2v) is 6.58. The zero-order chi connectivity index (χ0) is 18.0. The number of benzene rings is 1. The van der Waals surface area contributed by atoms with Crippen molar-refractivity contribution in [1.82, 2.24) is 10.5 Å². The highest BCUT2D eigenvalue weighted by Gasteiger charge is 2.28. The molecule has 1 aromatic carbocycles. The summed E-state index contributed by atoms with van der Waals surface area (Å²) in [6.45, 7) is 3.87. The van der Waals surface area contributed by atoms with Gasteiger partial charge in [-0.05, 0) is 49.8 Å². The summed E-state index contributed by atoms with van der Waals surface area (Å²) < 4.78 is 5.31. The Morgan fingerprint density at radius 3 is 2.64 bits per heavy atom. The van der Waals surface area contributed by atoms with E-state index in [0.29, 0.717) is 5.56 Å². The van der Waals surface area contributed by atoms with Gasteiger partial charge in [0.1, 0.15) is 5.76 Å². The van der Waals surface area contributed by atoms with Gasteiger partial charge in [-0.15, -0.1) is 0 Å². The minimum Gasteiger partial charge on any atom is -0.479 e. The SMILES string of the molecule is Cc1ccc(C(NC(=O)c2noc3c2CCCCC3)C(=O)O)cc1C. The number of hydrogen-bond donors (Lipinski definition) is 2. The summed E-state index contributed by atoms with van der Waals surface area (Å²) in [5.74, 6) is -0.857. The summed E-state index contributed by atoms with van der Waals surface area (Å²) in [5.41, 5.74) is 3.62. The maximum atomic E-state index is 12.6. The predicted molar refractivity (Wildman–Crippen MR) is 91.5 cm³/mol. The Bertz CT molecular complexity index is 810. The van der Waals surface area contributed by atoms with Gasteiger partial charge in [0.05, 0.1) is 0 Å². The van der Waals surface area contributed by atoms with Crippen LogP contribution in [0, 0.1) is 13.8 Å². The first kappa shape index (κ1) is 17.2. The number of aliphatic carboxylic acids is 1. The molecule has 0 fully saturated rings. The van der Waals surface area contributed by atoms with Crippen LogP contribution in [0.1, 0.15) is 63.8 Å². The summed E-state index contributed by atoms with van der Waals surface area (Å²) in [5, 5.41) is 16.0. The summed E-state index contributed by atoms with van der Waals surface area (Å²) >= 11 is 0. The molecule has 1 aromatic heterocycles. The van der Waals surface area contributed by atoms with Gasteiger partial charge in [-0.2, -0.15) is 0 Å². The second-order valence-electron chi connectivity index (χ2n) is 6.58. The van der Waals surface area contributed by atoms with Crippen molar-refractivity contribution < 1.29 is 19.2 Å². The molecule has 6 heteroatoms. The Labute approximate surface area is 146 Å².